The molecule has 2 atom stereocenters. The summed E-state index contributed by atoms with van der Waals surface area (Å²) in [6, 6.07) is 10.0. The molecule has 0 aliphatic rings. The first kappa shape index (κ1) is 27.9. The van der Waals surface area contributed by atoms with Crippen molar-refractivity contribution in [3.63, 3.8) is 0 Å². The average Bonchev–Trinajstić information content (AvgIpc) is 2.74. The van der Waals surface area contributed by atoms with Crippen LogP contribution >= 0.6 is 0 Å². The standard InChI is InChI=1S/C19H20.C9H17NO2/c1-4-5-7-10-19(14-13-17(2)3)16-15-18-11-8-6-9-12-18;1-6(2)8(11)7(3)9(12)10(4)5/h4-6,8-14H,2,7H2,1,3H3;7-8,11H,1H2,2-5H3/b5-4-,14-13-,19-10+;. The molecule has 0 heterocycles. The molecule has 0 saturated carbocycles. The fourth-order valence-electron chi connectivity index (χ4n) is 2.36. The van der Waals surface area contributed by atoms with Gasteiger partial charge in [-0.05, 0) is 45.4 Å². The predicted molar refractivity (Wildman–Crippen MR) is 133 cm³/mol. The Hall–Kier alpha value is -3.09. The Bertz CT molecular complexity index is 861. The van der Waals surface area contributed by atoms with E-state index >= 15 is 0 Å². The summed E-state index contributed by atoms with van der Waals surface area (Å²) in [5.41, 5.74) is 3.70. The fraction of sp³-hybridized carbons (Fsp3) is 0.321. The Balaban J connectivity index is 0.000000649. The summed E-state index contributed by atoms with van der Waals surface area (Å²) in [6.45, 7) is 14.9. The van der Waals surface area contributed by atoms with Crippen molar-refractivity contribution in [2.24, 2.45) is 5.92 Å². The number of carbonyl (C=O) groups excluding carboxylic acids is 1. The smallest absolute Gasteiger partial charge is 0.227 e. The molecule has 2 unspecified atom stereocenters. The molecule has 166 valence electrons. The predicted octanol–water partition coefficient (Wildman–Crippen LogP) is 5.71. The molecule has 1 N–H and O–H groups in total. The van der Waals surface area contributed by atoms with E-state index in [4.69, 9.17) is 0 Å². The van der Waals surface area contributed by atoms with Crippen molar-refractivity contribution in [3.05, 3.63) is 96.2 Å². The summed E-state index contributed by atoms with van der Waals surface area (Å²) in [6.07, 6.45) is 10.4. The summed E-state index contributed by atoms with van der Waals surface area (Å²) < 4.78 is 0. The van der Waals surface area contributed by atoms with E-state index in [0.29, 0.717) is 5.57 Å². The zero-order valence-electron chi connectivity index (χ0n) is 19.9. The molecule has 1 rings (SSSR count). The van der Waals surface area contributed by atoms with Gasteiger partial charge in [-0.1, -0.05) is 85.6 Å². The Kier molecular flexibility index (Phi) is 14.1. The Labute approximate surface area is 189 Å². The minimum atomic E-state index is -0.736. The first-order valence-electron chi connectivity index (χ1n) is 10.4. The van der Waals surface area contributed by atoms with Crippen LogP contribution in [0.1, 0.15) is 39.7 Å². The van der Waals surface area contributed by atoms with Crippen molar-refractivity contribution in [2.45, 2.75) is 40.2 Å². The van der Waals surface area contributed by atoms with Crippen LogP contribution in [0, 0.1) is 17.8 Å². The molecule has 0 fully saturated rings. The lowest BCUT2D eigenvalue weighted by Crippen LogP contribution is -2.35. The SMILES string of the molecule is C=C(C)/C=C\C(C#Cc1ccccc1)=C/C/C=C\C.C=C(C)C(O)C(C)C(=O)N(C)C. The van der Waals surface area contributed by atoms with Crippen LogP contribution in [0.2, 0.25) is 0 Å². The van der Waals surface area contributed by atoms with E-state index in [9.17, 15) is 9.90 Å². The zero-order valence-corrected chi connectivity index (χ0v) is 19.9. The van der Waals surface area contributed by atoms with Gasteiger partial charge < -0.3 is 10.0 Å². The molecule has 0 aliphatic heterocycles. The largest absolute Gasteiger partial charge is 0.388 e. The van der Waals surface area contributed by atoms with E-state index in [-0.39, 0.29) is 5.91 Å². The fourth-order valence-corrected chi connectivity index (χ4v) is 2.36. The van der Waals surface area contributed by atoms with E-state index < -0.39 is 12.0 Å². The zero-order chi connectivity index (χ0) is 23.8. The highest BCUT2D eigenvalue weighted by Crippen LogP contribution is 2.12. The monoisotopic (exact) mass is 419 g/mol. The first-order chi connectivity index (χ1) is 14.6. The molecule has 0 radical (unpaired) electrons. The molecule has 1 amide bonds. The number of aliphatic hydroxyl groups excluding tert-OH is 1. The van der Waals surface area contributed by atoms with Gasteiger partial charge in [0.05, 0.1) is 12.0 Å². The molecule has 0 aliphatic carbocycles. The molecule has 1 aromatic carbocycles. The highest BCUT2D eigenvalue weighted by Gasteiger charge is 2.23. The van der Waals surface area contributed by atoms with Crippen LogP contribution in [0.15, 0.2) is 90.6 Å². The lowest BCUT2D eigenvalue weighted by molar-refractivity contribution is -0.135. The van der Waals surface area contributed by atoms with Gasteiger partial charge >= 0.3 is 0 Å². The lowest BCUT2D eigenvalue weighted by atomic mass is 9.98. The van der Waals surface area contributed by atoms with E-state index in [0.717, 1.165) is 23.1 Å². The number of benzene rings is 1. The van der Waals surface area contributed by atoms with Gasteiger partial charge in [-0.3, -0.25) is 4.79 Å². The van der Waals surface area contributed by atoms with E-state index in [1.54, 1.807) is 27.9 Å². The Morgan fingerprint density at radius 3 is 2.26 bits per heavy atom. The van der Waals surface area contributed by atoms with Crippen molar-refractivity contribution >= 4 is 5.91 Å². The molecular weight excluding hydrogens is 382 g/mol. The third-order valence-corrected chi connectivity index (χ3v) is 4.19. The van der Waals surface area contributed by atoms with Gasteiger partial charge in [-0.2, -0.15) is 0 Å². The number of carbonyl (C=O) groups is 1. The van der Waals surface area contributed by atoms with Gasteiger partial charge in [0.15, 0.2) is 0 Å². The minimum Gasteiger partial charge on any atom is -0.388 e. The molecule has 1 aromatic rings. The van der Waals surface area contributed by atoms with Gasteiger partial charge in [-0.15, -0.1) is 0 Å². The van der Waals surface area contributed by atoms with Crippen molar-refractivity contribution in [3.8, 4) is 11.8 Å². The first-order valence-corrected chi connectivity index (χ1v) is 10.4. The van der Waals surface area contributed by atoms with Crippen LogP contribution in [0.3, 0.4) is 0 Å². The number of nitrogens with zero attached hydrogens (tertiary/aromatic N) is 1. The second kappa shape index (κ2) is 15.7. The molecule has 31 heavy (non-hydrogen) atoms. The molecule has 3 nitrogen and oxygen atoms in total. The summed E-state index contributed by atoms with van der Waals surface area (Å²) in [5.74, 6) is 5.89. The maximum Gasteiger partial charge on any atom is 0.227 e. The van der Waals surface area contributed by atoms with Crippen LogP contribution in [0.4, 0.5) is 0 Å². The normalized spacial score (nSPS) is 12.9. The third kappa shape index (κ3) is 12.9. The number of amides is 1. The molecule has 0 saturated heterocycles. The van der Waals surface area contributed by atoms with Crippen LogP contribution in [0.25, 0.3) is 0 Å². The topological polar surface area (TPSA) is 40.5 Å². The summed E-state index contributed by atoms with van der Waals surface area (Å²) in [7, 11) is 3.34. The Morgan fingerprint density at radius 1 is 1.16 bits per heavy atom. The number of hydrogen-bond acceptors (Lipinski definition) is 2. The van der Waals surface area contributed by atoms with Crippen molar-refractivity contribution in [2.75, 3.05) is 14.1 Å². The number of aliphatic hydroxyl groups is 1. The van der Waals surface area contributed by atoms with Crippen LogP contribution < -0.4 is 0 Å². The van der Waals surface area contributed by atoms with Crippen molar-refractivity contribution in [1.82, 2.24) is 4.90 Å². The quantitative estimate of drug-likeness (QED) is 0.349. The summed E-state index contributed by atoms with van der Waals surface area (Å²) in [5, 5.41) is 9.47. The van der Waals surface area contributed by atoms with Crippen LogP contribution in [0.5, 0.6) is 0 Å². The second-order valence-corrected chi connectivity index (χ2v) is 7.57. The number of rotatable bonds is 7. The van der Waals surface area contributed by atoms with Crippen molar-refractivity contribution < 1.29 is 9.90 Å². The highest BCUT2D eigenvalue weighted by atomic mass is 16.3. The van der Waals surface area contributed by atoms with E-state index in [1.807, 2.05) is 62.4 Å². The van der Waals surface area contributed by atoms with Crippen LogP contribution in [-0.2, 0) is 4.79 Å². The Morgan fingerprint density at radius 2 is 1.77 bits per heavy atom. The lowest BCUT2D eigenvalue weighted by Gasteiger charge is -2.21. The maximum atomic E-state index is 11.3. The van der Waals surface area contributed by atoms with Gasteiger partial charge in [-0.25, -0.2) is 0 Å². The third-order valence-electron chi connectivity index (χ3n) is 4.19. The average molecular weight is 420 g/mol. The van der Waals surface area contributed by atoms with Crippen LogP contribution in [-0.4, -0.2) is 36.1 Å². The van der Waals surface area contributed by atoms with Gasteiger partial charge in [0.25, 0.3) is 0 Å². The van der Waals surface area contributed by atoms with Gasteiger partial charge in [0.1, 0.15) is 0 Å². The maximum absolute atomic E-state index is 11.3. The minimum absolute atomic E-state index is 0.0782. The summed E-state index contributed by atoms with van der Waals surface area (Å²) >= 11 is 0. The molecule has 0 spiro atoms. The number of hydrogen-bond donors (Lipinski definition) is 1. The molecule has 0 bridgehead atoms. The molecule has 3 heteroatoms. The van der Waals surface area contributed by atoms with E-state index in [2.05, 4.69) is 37.2 Å². The van der Waals surface area contributed by atoms with Gasteiger partial charge in [0.2, 0.25) is 5.91 Å². The molecular formula is C28H37NO2. The number of allylic oxidation sites excluding steroid dienone is 7. The highest BCUT2D eigenvalue weighted by molar-refractivity contribution is 5.78. The molecule has 0 aromatic heterocycles. The van der Waals surface area contributed by atoms with Crippen molar-refractivity contribution in [1.29, 1.82) is 0 Å². The second-order valence-electron chi connectivity index (χ2n) is 7.57. The van der Waals surface area contributed by atoms with Gasteiger partial charge in [0, 0.05) is 25.2 Å². The summed E-state index contributed by atoms with van der Waals surface area (Å²) in [4.78, 5) is 12.8. The van der Waals surface area contributed by atoms with E-state index in [1.165, 1.54) is 4.90 Å².